The van der Waals surface area contributed by atoms with Crippen LogP contribution in [0, 0.1) is 11.3 Å². The van der Waals surface area contributed by atoms with E-state index in [9.17, 15) is 32.3 Å². The van der Waals surface area contributed by atoms with Crippen LogP contribution in [0.5, 0.6) is 5.75 Å². The van der Waals surface area contributed by atoms with E-state index in [1.165, 1.54) is 11.0 Å². The average Bonchev–Trinajstić information content (AvgIpc) is 3.31. The Bertz CT molecular complexity index is 2160. The minimum absolute atomic E-state index is 0.0936. The number of carbonyl (C=O) groups excluding carboxylic acids is 4. The number of nitrogens with zero attached hydrogens (tertiary/aromatic N) is 6. The van der Waals surface area contributed by atoms with E-state index < -0.39 is 40.8 Å². The Labute approximate surface area is 340 Å². The van der Waals surface area contributed by atoms with E-state index in [2.05, 4.69) is 25.8 Å². The van der Waals surface area contributed by atoms with Gasteiger partial charge in [0.2, 0.25) is 17.7 Å². The van der Waals surface area contributed by atoms with Gasteiger partial charge in [-0.15, -0.1) is 0 Å². The summed E-state index contributed by atoms with van der Waals surface area (Å²) in [6.07, 6.45) is -3.30. The zero-order valence-corrected chi connectivity index (χ0v) is 32.9. The maximum Gasteiger partial charge on any atom is 0.419 e. The van der Waals surface area contributed by atoms with Gasteiger partial charge < -0.3 is 20.3 Å². The van der Waals surface area contributed by atoms with Crippen molar-refractivity contribution < 1.29 is 37.1 Å². The standard InChI is InChI=1S/C37H36Cl2F3N9O5S/c1-36(2)34(55)50(25-16-26(37(40,41)42)29(18-43)44-19-25)35(57)51(36)24-3-5-30(27(39)17-24)56-12-11-48-7-9-49(10-8-48)20-32(53)46-23-14-21(38)13-22(15-23)45-28-4-6-31(52)47-33(28)54/h3,5,13-17,19,28,45H,4,6-12,20H2,1-2H3,(H,46,53)(H,47,52,54). The molecule has 0 spiro atoms. The van der Waals surface area contributed by atoms with Crippen LogP contribution >= 0.6 is 35.4 Å². The van der Waals surface area contributed by atoms with E-state index >= 15 is 0 Å². The highest BCUT2D eigenvalue weighted by Gasteiger charge is 2.51. The number of hydrogen-bond donors (Lipinski definition) is 3. The molecule has 3 aromatic rings. The number of amides is 4. The molecule has 3 fully saturated rings. The fourth-order valence-corrected chi connectivity index (χ4v) is 7.71. The van der Waals surface area contributed by atoms with Crippen LogP contribution in [-0.2, 0) is 25.4 Å². The lowest BCUT2D eigenvalue weighted by Crippen LogP contribution is -2.49. The molecule has 1 atom stereocenters. The van der Waals surface area contributed by atoms with Crippen molar-refractivity contribution in [2.45, 2.75) is 44.4 Å². The van der Waals surface area contributed by atoms with Crippen molar-refractivity contribution >= 4 is 86.9 Å². The fourth-order valence-electron chi connectivity index (χ4n) is 6.72. The second-order valence-corrected chi connectivity index (χ2v) is 15.2. The number of halogens is 5. The highest BCUT2D eigenvalue weighted by atomic mass is 35.5. The van der Waals surface area contributed by atoms with Gasteiger partial charge in [-0.1, -0.05) is 23.2 Å². The van der Waals surface area contributed by atoms with E-state index in [1.54, 1.807) is 50.2 Å². The molecule has 1 unspecified atom stereocenters. The molecular weight excluding hydrogens is 810 g/mol. The third-order valence-electron chi connectivity index (χ3n) is 9.64. The van der Waals surface area contributed by atoms with E-state index in [1.807, 2.05) is 4.90 Å². The number of hydrogen-bond acceptors (Lipinski definition) is 11. The number of nitriles is 1. The number of piperidine rings is 1. The van der Waals surface area contributed by atoms with Crippen LogP contribution in [0.1, 0.15) is 37.9 Å². The molecule has 14 nitrogen and oxygen atoms in total. The molecule has 0 bridgehead atoms. The fraction of sp³-hybridized carbons (Fsp3) is 0.378. The first-order valence-corrected chi connectivity index (χ1v) is 18.8. The predicted molar refractivity (Wildman–Crippen MR) is 210 cm³/mol. The van der Waals surface area contributed by atoms with Gasteiger partial charge in [0.05, 0.1) is 29.0 Å². The van der Waals surface area contributed by atoms with Gasteiger partial charge in [-0.05, 0) is 75.0 Å². The van der Waals surface area contributed by atoms with E-state index in [-0.39, 0.29) is 40.6 Å². The van der Waals surface area contributed by atoms with Crippen LogP contribution in [0.25, 0.3) is 0 Å². The van der Waals surface area contributed by atoms with Crippen molar-refractivity contribution in [1.29, 1.82) is 5.26 Å². The Morgan fingerprint density at radius 3 is 2.42 bits per heavy atom. The summed E-state index contributed by atoms with van der Waals surface area (Å²) in [7, 11) is 0. The lowest BCUT2D eigenvalue weighted by atomic mass is 10.0. The van der Waals surface area contributed by atoms with Crippen molar-refractivity contribution in [2.75, 3.05) is 66.3 Å². The largest absolute Gasteiger partial charge is 0.491 e. The number of benzene rings is 2. The normalized spacial score (nSPS) is 19.0. The maximum absolute atomic E-state index is 13.7. The number of alkyl halides is 3. The summed E-state index contributed by atoms with van der Waals surface area (Å²) in [5, 5.41) is 17.9. The smallest absolute Gasteiger partial charge is 0.419 e. The summed E-state index contributed by atoms with van der Waals surface area (Å²) in [4.78, 5) is 60.3. The van der Waals surface area contributed by atoms with Gasteiger partial charge in [-0.2, -0.15) is 18.4 Å². The molecule has 300 valence electrons. The van der Waals surface area contributed by atoms with E-state index in [0.29, 0.717) is 79.7 Å². The highest BCUT2D eigenvalue weighted by Crippen LogP contribution is 2.41. The molecule has 3 N–H and O–H groups in total. The van der Waals surface area contributed by atoms with Gasteiger partial charge >= 0.3 is 6.18 Å². The predicted octanol–water partition coefficient (Wildman–Crippen LogP) is 5.05. The topological polar surface area (TPSA) is 163 Å². The van der Waals surface area contributed by atoms with Crippen LogP contribution in [0.15, 0.2) is 48.7 Å². The molecule has 1 aromatic heterocycles. The van der Waals surface area contributed by atoms with Crippen molar-refractivity contribution in [1.82, 2.24) is 20.1 Å². The number of piperazine rings is 1. The molecule has 3 saturated heterocycles. The van der Waals surface area contributed by atoms with Gasteiger partial charge in [-0.3, -0.25) is 39.2 Å². The Kier molecular flexibility index (Phi) is 12.3. The number of thiocarbonyl (C=S) groups is 1. The number of nitrogens with one attached hydrogen (secondary N) is 3. The Hall–Kier alpha value is -5.06. The molecule has 57 heavy (non-hydrogen) atoms. The minimum atomic E-state index is -4.88. The molecule has 3 aliphatic heterocycles. The Balaban J connectivity index is 0.983. The van der Waals surface area contributed by atoms with Crippen LogP contribution in [-0.4, -0.2) is 101 Å². The number of carbonyl (C=O) groups is 4. The Morgan fingerprint density at radius 2 is 1.75 bits per heavy atom. The van der Waals surface area contributed by atoms with Crippen LogP contribution in [0.2, 0.25) is 10.0 Å². The average molecular weight is 847 g/mol. The van der Waals surface area contributed by atoms with E-state index in [4.69, 9.17) is 45.4 Å². The number of imide groups is 1. The number of ether oxygens (including phenoxy) is 1. The van der Waals surface area contributed by atoms with Crippen LogP contribution in [0.3, 0.4) is 0 Å². The summed E-state index contributed by atoms with van der Waals surface area (Å²) in [6, 6.07) is 11.3. The quantitative estimate of drug-likeness (QED) is 0.174. The molecular formula is C37H36Cl2F3N9O5S. The first-order valence-electron chi connectivity index (χ1n) is 17.7. The third kappa shape index (κ3) is 9.40. The van der Waals surface area contributed by atoms with Gasteiger partial charge in [0, 0.05) is 61.2 Å². The Morgan fingerprint density at radius 1 is 1.05 bits per heavy atom. The summed E-state index contributed by atoms with van der Waals surface area (Å²) in [6.45, 7) is 6.84. The van der Waals surface area contributed by atoms with Gasteiger partial charge in [0.1, 0.15) is 30.0 Å². The molecule has 4 heterocycles. The third-order valence-corrected chi connectivity index (χ3v) is 10.5. The van der Waals surface area contributed by atoms with Crippen molar-refractivity contribution in [3.8, 4) is 11.8 Å². The number of anilines is 4. The molecule has 3 aliphatic rings. The second-order valence-electron chi connectivity index (χ2n) is 14.0. The maximum atomic E-state index is 13.7. The molecule has 0 aliphatic carbocycles. The summed E-state index contributed by atoms with van der Waals surface area (Å²) < 4.78 is 47.0. The summed E-state index contributed by atoms with van der Waals surface area (Å²) in [5.74, 6) is -1.17. The van der Waals surface area contributed by atoms with Gasteiger partial charge in [0.25, 0.3) is 5.91 Å². The number of pyridine rings is 1. The van der Waals surface area contributed by atoms with Crippen molar-refractivity contribution in [3.05, 3.63) is 70.0 Å². The summed E-state index contributed by atoms with van der Waals surface area (Å²) in [5.41, 5.74) is -2.22. The zero-order chi connectivity index (χ0) is 41.2. The lowest BCUT2D eigenvalue weighted by Gasteiger charge is -2.34. The van der Waals surface area contributed by atoms with Crippen molar-refractivity contribution in [2.24, 2.45) is 0 Å². The SMILES string of the molecule is CC1(C)C(=O)N(c2cnc(C#N)c(C(F)(F)F)c2)C(=S)N1c1ccc(OCCN2CCN(CC(=O)Nc3cc(Cl)cc(NC4CCC(=O)NC4=O)c3)CC2)c(Cl)c1. The first kappa shape index (κ1) is 41.6. The number of aromatic nitrogens is 1. The van der Waals surface area contributed by atoms with Gasteiger partial charge in [0.15, 0.2) is 10.8 Å². The lowest BCUT2D eigenvalue weighted by molar-refractivity contribution is -0.138. The highest BCUT2D eigenvalue weighted by molar-refractivity contribution is 7.81. The summed E-state index contributed by atoms with van der Waals surface area (Å²) >= 11 is 18.5. The van der Waals surface area contributed by atoms with Crippen LogP contribution < -0.4 is 30.5 Å². The second kappa shape index (κ2) is 16.8. The zero-order valence-electron chi connectivity index (χ0n) is 30.6. The number of rotatable bonds is 11. The molecule has 20 heteroatoms. The molecule has 6 rings (SSSR count). The minimum Gasteiger partial charge on any atom is -0.491 e. The molecule has 4 amide bonds. The monoisotopic (exact) mass is 845 g/mol. The molecule has 2 aromatic carbocycles. The molecule has 0 saturated carbocycles. The van der Waals surface area contributed by atoms with Crippen LogP contribution in [0.4, 0.5) is 35.9 Å². The first-order chi connectivity index (χ1) is 26.9. The molecule has 0 radical (unpaired) electrons. The van der Waals surface area contributed by atoms with Gasteiger partial charge in [-0.25, -0.2) is 4.98 Å². The van der Waals surface area contributed by atoms with Crippen molar-refractivity contribution in [3.63, 3.8) is 0 Å². The van der Waals surface area contributed by atoms with E-state index in [0.717, 1.165) is 11.1 Å².